The first-order valence-corrected chi connectivity index (χ1v) is 8.92. The maximum atomic E-state index is 12.5. The van der Waals surface area contributed by atoms with Gasteiger partial charge < -0.3 is 14.4 Å². The van der Waals surface area contributed by atoms with Gasteiger partial charge in [-0.2, -0.15) is 13.2 Å². The van der Waals surface area contributed by atoms with E-state index in [1.54, 1.807) is 6.07 Å². The normalized spacial score (nSPS) is 22.6. The molecule has 3 rings (SSSR count). The number of carboxylic acid groups (broad SMARTS) is 1. The van der Waals surface area contributed by atoms with Crippen molar-refractivity contribution in [3.8, 4) is 0 Å². The highest BCUT2D eigenvalue weighted by Crippen LogP contribution is 2.33. The molecule has 0 unspecified atom stereocenters. The fourth-order valence-corrected chi connectivity index (χ4v) is 3.71. The minimum absolute atomic E-state index is 0.0667. The second kappa shape index (κ2) is 8.33. The lowest BCUT2D eigenvalue weighted by atomic mass is 10.1. The first kappa shape index (κ1) is 21.3. The molecule has 3 heterocycles. The number of likely N-dealkylation sites (tertiary alicyclic amines) is 2. The number of aryl methyl sites for hydroxylation is 1. The van der Waals surface area contributed by atoms with Gasteiger partial charge in [-0.15, -0.1) is 0 Å². The molecule has 0 aliphatic carbocycles. The molecule has 0 spiro atoms. The summed E-state index contributed by atoms with van der Waals surface area (Å²) in [6.07, 6.45) is -2.88. The van der Waals surface area contributed by atoms with Gasteiger partial charge >= 0.3 is 12.1 Å². The number of amides is 1. The van der Waals surface area contributed by atoms with Crippen LogP contribution in [0.3, 0.4) is 0 Å². The summed E-state index contributed by atoms with van der Waals surface area (Å²) >= 11 is 0. The summed E-state index contributed by atoms with van der Waals surface area (Å²) in [6, 6.07) is 4.59. The average Bonchev–Trinajstić information content (AvgIpc) is 3.23. The molecule has 2 fully saturated rings. The Balaban J connectivity index is 0.000000321. The van der Waals surface area contributed by atoms with Crippen molar-refractivity contribution in [1.29, 1.82) is 0 Å². The van der Waals surface area contributed by atoms with Crippen molar-refractivity contribution in [2.45, 2.75) is 51.9 Å². The molecular formula is C18H25F3N2O4. The summed E-state index contributed by atoms with van der Waals surface area (Å²) in [5.41, 5.74) is 0. The maximum absolute atomic E-state index is 12.5. The second-order valence-electron chi connectivity index (χ2n) is 7.31. The van der Waals surface area contributed by atoms with Gasteiger partial charge in [-0.05, 0) is 37.8 Å². The lowest BCUT2D eigenvalue weighted by molar-refractivity contribution is -0.192. The summed E-state index contributed by atoms with van der Waals surface area (Å²) < 4.78 is 37.2. The quantitative estimate of drug-likeness (QED) is 0.858. The molecule has 0 aromatic carbocycles. The van der Waals surface area contributed by atoms with Crippen LogP contribution in [0.25, 0.3) is 0 Å². The second-order valence-corrected chi connectivity index (χ2v) is 7.31. The van der Waals surface area contributed by atoms with Crippen LogP contribution in [0, 0.1) is 12.8 Å². The van der Waals surface area contributed by atoms with E-state index < -0.39 is 12.1 Å². The predicted molar refractivity (Wildman–Crippen MR) is 91.4 cm³/mol. The standard InChI is InChI=1S/C16H24N2O2.C2HF3O2/c1-11(2)10-17-8-6-14-13(17)7-9-18(14)16(19)15-5-4-12(3)20-15;3-2(4,5)1(6)7/h4-5,11,13-14H,6-10H2,1-3H3;(H,6,7)/t13-,14+;/m0./s1. The highest BCUT2D eigenvalue weighted by molar-refractivity contribution is 5.92. The van der Waals surface area contributed by atoms with Crippen molar-refractivity contribution in [1.82, 2.24) is 9.80 Å². The summed E-state index contributed by atoms with van der Waals surface area (Å²) in [6.45, 7) is 9.52. The van der Waals surface area contributed by atoms with Crippen molar-refractivity contribution in [3.05, 3.63) is 23.7 Å². The first-order chi connectivity index (χ1) is 12.5. The molecule has 1 aromatic heterocycles. The van der Waals surface area contributed by atoms with Gasteiger partial charge in [0.15, 0.2) is 5.76 Å². The molecule has 1 amide bonds. The third kappa shape index (κ3) is 5.24. The number of carboxylic acids is 1. The van der Waals surface area contributed by atoms with E-state index in [-0.39, 0.29) is 5.91 Å². The Kier molecular flexibility index (Phi) is 6.56. The Morgan fingerprint density at radius 3 is 2.30 bits per heavy atom. The van der Waals surface area contributed by atoms with Crippen molar-refractivity contribution >= 4 is 11.9 Å². The maximum Gasteiger partial charge on any atom is 0.490 e. The fraction of sp³-hybridized carbons (Fsp3) is 0.667. The number of rotatable bonds is 3. The van der Waals surface area contributed by atoms with E-state index >= 15 is 0 Å². The number of carbonyl (C=O) groups excluding carboxylic acids is 1. The van der Waals surface area contributed by atoms with Gasteiger partial charge in [-0.1, -0.05) is 13.8 Å². The number of carbonyl (C=O) groups is 2. The monoisotopic (exact) mass is 390 g/mol. The molecule has 2 saturated heterocycles. The number of hydrogen-bond acceptors (Lipinski definition) is 4. The first-order valence-electron chi connectivity index (χ1n) is 8.92. The predicted octanol–water partition coefficient (Wildman–Crippen LogP) is 3.17. The summed E-state index contributed by atoms with van der Waals surface area (Å²) in [7, 11) is 0. The number of nitrogens with zero attached hydrogens (tertiary/aromatic N) is 2. The van der Waals surface area contributed by atoms with Gasteiger partial charge in [0.05, 0.1) is 0 Å². The van der Waals surface area contributed by atoms with Crippen LogP contribution in [0.2, 0.25) is 0 Å². The van der Waals surface area contributed by atoms with E-state index in [1.165, 1.54) is 0 Å². The minimum Gasteiger partial charge on any atom is -0.475 e. The van der Waals surface area contributed by atoms with Crippen LogP contribution in [0.15, 0.2) is 16.5 Å². The third-order valence-corrected chi connectivity index (χ3v) is 4.75. The zero-order valence-electron chi connectivity index (χ0n) is 15.6. The minimum atomic E-state index is -5.08. The van der Waals surface area contributed by atoms with Gasteiger partial charge in [0.1, 0.15) is 5.76 Å². The molecule has 2 aliphatic heterocycles. The Labute approximate surface area is 155 Å². The van der Waals surface area contributed by atoms with E-state index in [4.69, 9.17) is 14.3 Å². The summed E-state index contributed by atoms with van der Waals surface area (Å²) in [4.78, 5) is 26.0. The van der Waals surface area contributed by atoms with Crippen LogP contribution in [0.4, 0.5) is 13.2 Å². The Morgan fingerprint density at radius 2 is 1.81 bits per heavy atom. The lowest BCUT2D eigenvalue weighted by Gasteiger charge is -2.26. The molecule has 1 aromatic rings. The average molecular weight is 390 g/mol. The fourth-order valence-electron chi connectivity index (χ4n) is 3.71. The molecule has 0 bridgehead atoms. The van der Waals surface area contributed by atoms with Crippen LogP contribution in [0.5, 0.6) is 0 Å². The van der Waals surface area contributed by atoms with E-state index in [2.05, 4.69) is 18.7 Å². The Morgan fingerprint density at radius 1 is 1.22 bits per heavy atom. The molecule has 0 saturated carbocycles. The number of hydrogen-bond donors (Lipinski definition) is 1. The van der Waals surface area contributed by atoms with Gasteiger partial charge in [-0.25, -0.2) is 4.79 Å². The summed E-state index contributed by atoms with van der Waals surface area (Å²) in [5.74, 6) is -0.710. The van der Waals surface area contributed by atoms with Crippen molar-refractivity contribution in [2.75, 3.05) is 19.6 Å². The van der Waals surface area contributed by atoms with Crippen molar-refractivity contribution < 1.29 is 32.3 Å². The van der Waals surface area contributed by atoms with Crippen LogP contribution in [-0.4, -0.2) is 64.7 Å². The van der Waals surface area contributed by atoms with Gasteiger partial charge in [-0.3, -0.25) is 9.69 Å². The van der Waals surface area contributed by atoms with Crippen molar-refractivity contribution in [2.24, 2.45) is 5.92 Å². The summed E-state index contributed by atoms with van der Waals surface area (Å²) in [5, 5.41) is 7.12. The zero-order valence-corrected chi connectivity index (χ0v) is 15.6. The molecule has 2 atom stereocenters. The molecule has 152 valence electrons. The molecule has 0 radical (unpaired) electrons. The third-order valence-electron chi connectivity index (χ3n) is 4.75. The topological polar surface area (TPSA) is 74.0 Å². The molecule has 6 nitrogen and oxygen atoms in total. The van der Waals surface area contributed by atoms with E-state index in [0.717, 1.165) is 38.2 Å². The number of halogens is 3. The molecule has 27 heavy (non-hydrogen) atoms. The van der Waals surface area contributed by atoms with Gasteiger partial charge in [0.25, 0.3) is 5.91 Å². The van der Waals surface area contributed by atoms with Gasteiger partial charge in [0.2, 0.25) is 0 Å². The number of fused-ring (bicyclic) bond motifs is 1. The Bertz CT molecular complexity index is 672. The van der Waals surface area contributed by atoms with E-state index in [9.17, 15) is 18.0 Å². The van der Waals surface area contributed by atoms with Crippen LogP contribution < -0.4 is 0 Å². The van der Waals surface area contributed by atoms with Crippen LogP contribution >= 0.6 is 0 Å². The SMILES string of the molecule is Cc1ccc(C(=O)N2CC[C@H]3[C@H]2CCN3CC(C)C)o1.O=C(O)C(F)(F)F. The highest BCUT2D eigenvalue weighted by atomic mass is 19.4. The van der Waals surface area contributed by atoms with E-state index in [1.807, 2.05) is 17.9 Å². The van der Waals surface area contributed by atoms with Crippen LogP contribution in [-0.2, 0) is 4.79 Å². The molecule has 2 aliphatic rings. The Hall–Kier alpha value is -2.03. The van der Waals surface area contributed by atoms with Gasteiger partial charge in [0, 0.05) is 31.7 Å². The zero-order chi connectivity index (χ0) is 20.4. The highest BCUT2D eigenvalue weighted by Gasteiger charge is 2.44. The van der Waals surface area contributed by atoms with Crippen LogP contribution in [0.1, 0.15) is 43.0 Å². The smallest absolute Gasteiger partial charge is 0.475 e. The number of alkyl halides is 3. The molecule has 9 heteroatoms. The molecule has 1 N–H and O–H groups in total. The largest absolute Gasteiger partial charge is 0.490 e. The number of aliphatic carboxylic acids is 1. The van der Waals surface area contributed by atoms with E-state index in [0.29, 0.717) is 23.8 Å². The number of furan rings is 1. The van der Waals surface area contributed by atoms with Crippen molar-refractivity contribution in [3.63, 3.8) is 0 Å². The molecular weight excluding hydrogens is 365 g/mol. The lowest BCUT2D eigenvalue weighted by Crippen LogP contribution is -2.40.